The number of imide groups is 1. The molecule has 0 radical (unpaired) electrons. The van der Waals surface area contributed by atoms with Crippen LogP contribution in [-0.4, -0.2) is 89.9 Å². The van der Waals surface area contributed by atoms with Crippen LogP contribution in [0.25, 0.3) is 11.0 Å². The summed E-state index contributed by atoms with van der Waals surface area (Å²) in [5, 5.41) is 9.50. The van der Waals surface area contributed by atoms with E-state index in [4.69, 9.17) is 9.72 Å². The average molecular weight is 818 g/mol. The maximum absolute atomic E-state index is 15.2. The second-order valence-electron chi connectivity index (χ2n) is 13.5. The van der Waals surface area contributed by atoms with Crippen molar-refractivity contribution in [1.29, 1.82) is 0 Å². The molecular weight excluding hydrogens is 778 g/mol. The normalized spacial score (nSPS) is 15.4. The van der Waals surface area contributed by atoms with Gasteiger partial charge in [0.1, 0.15) is 30.0 Å². The molecule has 3 amide bonds. The number of anilines is 6. The maximum Gasteiger partial charge on any atom is 0.328 e. The van der Waals surface area contributed by atoms with Gasteiger partial charge in [-0.25, -0.2) is 14.2 Å². The van der Waals surface area contributed by atoms with Crippen molar-refractivity contribution >= 4 is 85.9 Å². The molecular formula is C37H39BrFN10O4P. The smallest absolute Gasteiger partial charge is 0.328 e. The number of nitrogens with zero attached hydrogens (tertiary/aromatic N) is 7. The fourth-order valence-electron chi connectivity index (χ4n) is 6.75. The van der Waals surface area contributed by atoms with Crippen molar-refractivity contribution in [2.24, 2.45) is 0 Å². The third-order valence-electron chi connectivity index (χ3n) is 9.42. The Morgan fingerprint density at radius 3 is 2.46 bits per heavy atom. The Kier molecular flexibility index (Phi) is 10.5. The molecule has 0 spiro atoms. The Balaban J connectivity index is 1.03. The minimum absolute atomic E-state index is 0.178. The Bertz CT molecular complexity index is 2320. The number of rotatable bonds is 10. The van der Waals surface area contributed by atoms with Crippen LogP contribution in [0.15, 0.2) is 65.5 Å². The molecule has 0 saturated carbocycles. The molecule has 54 heavy (non-hydrogen) atoms. The third kappa shape index (κ3) is 7.86. The van der Waals surface area contributed by atoms with Crippen LogP contribution in [0.1, 0.15) is 17.5 Å². The molecule has 2 aromatic heterocycles. The van der Waals surface area contributed by atoms with Crippen molar-refractivity contribution in [3.63, 3.8) is 0 Å². The lowest BCUT2D eigenvalue weighted by Gasteiger charge is -2.37. The SMILES string of the molecule is COc1cc(N2CCN(Cc3ccc(N4CCC(=O)NC4=O)cc3F)CC2)c(C)cc1Nc1ncc(Br)c(Nc2ccc3nccnc3c2P(C)(C)=O)n1. The van der Waals surface area contributed by atoms with Crippen molar-refractivity contribution < 1.29 is 23.3 Å². The van der Waals surface area contributed by atoms with Gasteiger partial charge < -0.3 is 24.8 Å². The summed E-state index contributed by atoms with van der Waals surface area (Å²) in [6.07, 6.45) is 5.01. The fraction of sp³-hybridized carbons (Fsp3) is 0.297. The highest BCUT2D eigenvalue weighted by Gasteiger charge is 2.27. The first-order chi connectivity index (χ1) is 25.9. The number of methoxy groups -OCH3 is 1. The van der Waals surface area contributed by atoms with Gasteiger partial charge in [-0.1, -0.05) is 6.07 Å². The van der Waals surface area contributed by atoms with Crippen LogP contribution in [0.5, 0.6) is 5.75 Å². The molecule has 0 unspecified atom stereocenters. The van der Waals surface area contributed by atoms with Crippen LogP contribution < -0.4 is 35.8 Å². The second-order valence-corrected chi connectivity index (χ2v) is 17.5. The monoisotopic (exact) mass is 816 g/mol. The van der Waals surface area contributed by atoms with Gasteiger partial charge in [-0.05, 0) is 72.1 Å². The molecule has 2 aliphatic rings. The highest BCUT2D eigenvalue weighted by Crippen LogP contribution is 2.41. The first kappa shape index (κ1) is 37.1. The maximum atomic E-state index is 15.2. The third-order valence-corrected chi connectivity index (χ3v) is 11.5. The van der Waals surface area contributed by atoms with E-state index in [0.717, 1.165) is 37.4 Å². The molecule has 2 saturated heterocycles. The first-order valence-corrected chi connectivity index (χ1v) is 20.7. The molecule has 2 aliphatic heterocycles. The lowest BCUT2D eigenvalue weighted by atomic mass is 10.1. The van der Waals surface area contributed by atoms with Gasteiger partial charge in [0.25, 0.3) is 0 Å². The van der Waals surface area contributed by atoms with Gasteiger partial charge in [-0.2, -0.15) is 4.98 Å². The van der Waals surface area contributed by atoms with E-state index in [2.05, 4.69) is 56.6 Å². The molecule has 3 aromatic carbocycles. The van der Waals surface area contributed by atoms with Crippen LogP contribution in [0.3, 0.4) is 0 Å². The van der Waals surface area contributed by atoms with Crippen LogP contribution in [0.4, 0.5) is 43.7 Å². The molecule has 5 aromatic rings. The summed E-state index contributed by atoms with van der Waals surface area (Å²) < 4.78 is 35.0. The minimum atomic E-state index is -2.78. The molecule has 0 bridgehead atoms. The number of urea groups is 1. The molecule has 14 nitrogen and oxygen atoms in total. The topological polar surface area (TPSA) is 158 Å². The lowest BCUT2D eigenvalue weighted by Crippen LogP contribution is -2.49. The highest BCUT2D eigenvalue weighted by atomic mass is 79.9. The van der Waals surface area contributed by atoms with Gasteiger partial charge in [0.15, 0.2) is 0 Å². The summed E-state index contributed by atoms with van der Waals surface area (Å²) in [6, 6.07) is 11.9. The number of carbonyl (C=O) groups excluding carboxylic acids is 2. The van der Waals surface area contributed by atoms with Crippen molar-refractivity contribution in [2.75, 3.05) is 73.6 Å². The molecule has 17 heteroatoms. The number of aromatic nitrogens is 4. The number of aryl methyl sites for hydroxylation is 1. The van der Waals surface area contributed by atoms with E-state index in [9.17, 15) is 14.2 Å². The fourth-order valence-corrected chi connectivity index (χ4v) is 8.43. The highest BCUT2D eigenvalue weighted by molar-refractivity contribution is 9.10. The number of amides is 3. The van der Waals surface area contributed by atoms with E-state index in [1.807, 2.05) is 31.2 Å². The van der Waals surface area contributed by atoms with E-state index in [0.29, 0.717) is 67.5 Å². The minimum Gasteiger partial charge on any atom is -0.494 e. The predicted octanol–water partition coefficient (Wildman–Crippen LogP) is 6.14. The van der Waals surface area contributed by atoms with Gasteiger partial charge in [-0.15, -0.1) is 0 Å². The van der Waals surface area contributed by atoms with Crippen LogP contribution >= 0.6 is 23.1 Å². The predicted molar refractivity (Wildman–Crippen MR) is 212 cm³/mol. The van der Waals surface area contributed by atoms with E-state index in [1.165, 1.54) is 11.0 Å². The molecule has 0 aliphatic carbocycles. The number of carbonyl (C=O) groups is 2. The van der Waals surface area contributed by atoms with E-state index >= 15 is 4.39 Å². The summed E-state index contributed by atoms with van der Waals surface area (Å²) in [5.41, 5.74) is 5.56. The second kappa shape index (κ2) is 15.3. The van der Waals surface area contributed by atoms with Gasteiger partial charge in [-0.3, -0.25) is 29.9 Å². The van der Waals surface area contributed by atoms with Crippen LogP contribution in [0, 0.1) is 12.7 Å². The number of hydrogen-bond donors (Lipinski definition) is 3. The van der Waals surface area contributed by atoms with E-state index < -0.39 is 13.2 Å². The summed E-state index contributed by atoms with van der Waals surface area (Å²) in [4.78, 5) is 47.6. The summed E-state index contributed by atoms with van der Waals surface area (Å²) in [5.74, 6) is 0.693. The summed E-state index contributed by atoms with van der Waals surface area (Å²) >= 11 is 3.55. The molecule has 2 fully saturated rings. The van der Waals surface area contributed by atoms with Gasteiger partial charge in [0.2, 0.25) is 11.9 Å². The van der Waals surface area contributed by atoms with Gasteiger partial charge >= 0.3 is 6.03 Å². The standard InChI is InChI=1S/C37H39BrFN10O4P/c1-22-17-29(44-36-42-20-25(38)35(46-36)43-28-8-7-27-33(41-11-10-40-27)34(28)54(3,4)52)31(53-2)19-30(22)48-15-13-47(14-16-48)21-23-5-6-24(18-26(23)39)49-12-9-32(50)45-37(49)51/h5-8,10-11,17-20H,9,12-16,21H2,1-4H3,(H,45,50,51)(H2,42,43,44,46). The zero-order chi connectivity index (χ0) is 38.1. The van der Waals surface area contributed by atoms with Crippen LogP contribution in [-0.2, 0) is 15.9 Å². The molecule has 4 heterocycles. The summed E-state index contributed by atoms with van der Waals surface area (Å²) in [7, 11) is -1.17. The molecule has 3 N–H and O–H groups in total. The number of piperazine rings is 1. The number of halogens is 2. The van der Waals surface area contributed by atoms with Crippen molar-refractivity contribution in [3.8, 4) is 5.75 Å². The number of ether oxygens (including phenoxy) is 1. The Morgan fingerprint density at radius 1 is 0.963 bits per heavy atom. The average Bonchev–Trinajstić information content (AvgIpc) is 3.14. The first-order valence-electron chi connectivity index (χ1n) is 17.3. The number of hydrogen-bond acceptors (Lipinski definition) is 12. The number of fused-ring (bicyclic) bond motifs is 1. The zero-order valence-corrected chi connectivity index (χ0v) is 32.7. The van der Waals surface area contributed by atoms with Gasteiger partial charge in [0, 0.05) is 87.3 Å². The van der Waals surface area contributed by atoms with Crippen molar-refractivity contribution in [1.82, 2.24) is 30.2 Å². The largest absolute Gasteiger partial charge is 0.494 e. The Hall–Kier alpha value is -5.18. The van der Waals surface area contributed by atoms with E-state index in [-0.39, 0.29) is 24.7 Å². The van der Waals surface area contributed by atoms with E-state index in [1.54, 1.807) is 51.2 Å². The Morgan fingerprint density at radius 2 is 1.74 bits per heavy atom. The zero-order valence-electron chi connectivity index (χ0n) is 30.2. The lowest BCUT2D eigenvalue weighted by molar-refractivity contribution is -0.120. The number of benzene rings is 3. The molecule has 7 rings (SSSR count). The quantitative estimate of drug-likeness (QED) is 0.139. The Labute approximate surface area is 320 Å². The summed E-state index contributed by atoms with van der Waals surface area (Å²) in [6.45, 7) is 9.00. The molecule has 0 atom stereocenters. The van der Waals surface area contributed by atoms with Crippen LogP contribution in [0.2, 0.25) is 0 Å². The van der Waals surface area contributed by atoms with Gasteiger partial charge in [0.05, 0.1) is 33.8 Å². The van der Waals surface area contributed by atoms with Crippen molar-refractivity contribution in [3.05, 3.63) is 82.5 Å². The molecule has 280 valence electrons. The number of nitrogens with one attached hydrogen (secondary N) is 3. The van der Waals surface area contributed by atoms with Crippen molar-refractivity contribution in [2.45, 2.75) is 19.9 Å².